The van der Waals surface area contributed by atoms with E-state index in [1.165, 1.54) is 0 Å². The first-order chi connectivity index (χ1) is 6.18. The molecule has 70 valence electrons. The maximum atomic E-state index is 9.75. The minimum Gasteiger partial charge on any atom is -0.506 e. The van der Waals surface area contributed by atoms with Crippen molar-refractivity contribution in [1.82, 2.24) is 5.32 Å². The Morgan fingerprint density at radius 3 is 2.62 bits per heavy atom. The summed E-state index contributed by atoms with van der Waals surface area (Å²) in [5, 5.41) is 13.0. The normalized spacial score (nSPS) is 21.2. The van der Waals surface area contributed by atoms with E-state index in [0.717, 1.165) is 27.5 Å². The molecule has 1 atom stereocenters. The van der Waals surface area contributed by atoms with Gasteiger partial charge in [-0.25, -0.2) is 0 Å². The van der Waals surface area contributed by atoms with Crippen LogP contribution in [0, 0.1) is 0 Å². The summed E-state index contributed by atoms with van der Waals surface area (Å²) in [7, 11) is 0. The molecule has 13 heavy (non-hydrogen) atoms. The predicted molar refractivity (Wildman–Crippen MR) is 58.9 cm³/mol. The fourth-order valence-electron chi connectivity index (χ4n) is 1.41. The molecule has 1 aliphatic rings. The van der Waals surface area contributed by atoms with Crippen LogP contribution in [0.1, 0.15) is 18.0 Å². The highest BCUT2D eigenvalue weighted by Gasteiger charge is 2.22. The third-order valence-corrected chi connectivity index (χ3v) is 3.32. The third-order valence-electron chi connectivity index (χ3n) is 2.26. The van der Waals surface area contributed by atoms with Gasteiger partial charge in [0.1, 0.15) is 5.75 Å². The van der Waals surface area contributed by atoms with Crippen LogP contribution in [0.15, 0.2) is 21.1 Å². The number of rotatable bonds is 1. The number of benzene rings is 1. The molecule has 0 saturated carbocycles. The number of hydrogen-bond donors (Lipinski definition) is 2. The maximum Gasteiger partial charge on any atom is 0.134 e. The van der Waals surface area contributed by atoms with Crippen LogP contribution in [0.4, 0.5) is 0 Å². The summed E-state index contributed by atoms with van der Waals surface area (Å²) < 4.78 is 1.73. The molecule has 2 nitrogen and oxygen atoms in total. The molecule has 1 saturated heterocycles. The van der Waals surface area contributed by atoms with E-state index >= 15 is 0 Å². The number of hydrogen-bond acceptors (Lipinski definition) is 2. The van der Waals surface area contributed by atoms with Crippen LogP contribution in [0.2, 0.25) is 0 Å². The first-order valence-electron chi connectivity index (χ1n) is 4.10. The molecular weight excluding hydrogens is 298 g/mol. The first kappa shape index (κ1) is 9.49. The molecule has 1 aliphatic heterocycles. The summed E-state index contributed by atoms with van der Waals surface area (Å²) in [5.74, 6) is 0.348. The van der Waals surface area contributed by atoms with Gasteiger partial charge in [0.15, 0.2) is 0 Å². The highest BCUT2D eigenvalue weighted by Crippen LogP contribution is 2.37. The summed E-state index contributed by atoms with van der Waals surface area (Å²) in [5.41, 5.74) is 0.965. The minimum absolute atomic E-state index is 0.314. The van der Waals surface area contributed by atoms with Crippen molar-refractivity contribution < 1.29 is 5.11 Å². The summed E-state index contributed by atoms with van der Waals surface area (Å²) >= 11 is 6.71. The van der Waals surface area contributed by atoms with Gasteiger partial charge in [-0.1, -0.05) is 15.9 Å². The Morgan fingerprint density at radius 2 is 2.08 bits per heavy atom. The Labute approximate surface area is 93.6 Å². The molecule has 0 aromatic heterocycles. The van der Waals surface area contributed by atoms with Gasteiger partial charge in [0.2, 0.25) is 0 Å². The molecule has 1 aromatic carbocycles. The monoisotopic (exact) mass is 305 g/mol. The van der Waals surface area contributed by atoms with Crippen LogP contribution >= 0.6 is 31.9 Å². The van der Waals surface area contributed by atoms with E-state index in [4.69, 9.17) is 0 Å². The van der Waals surface area contributed by atoms with Gasteiger partial charge in [-0.05, 0) is 41.0 Å². The van der Waals surface area contributed by atoms with Crippen LogP contribution in [0.25, 0.3) is 0 Å². The lowest BCUT2D eigenvalue weighted by atomic mass is 9.97. The van der Waals surface area contributed by atoms with E-state index in [0.29, 0.717) is 11.8 Å². The molecule has 1 aromatic rings. The van der Waals surface area contributed by atoms with E-state index in [-0.39, 0.29) is 0 Å². The quantitative estimate of drug-likeness (QED) is 0.836. The van der Waals surface area contributed by atoms with Crippen LogP contribution in [0.3, 0.4) is 0 Å². The van der Waals surface area contributed by atoms with Crippen LogP contribution in [-0.4, -0.2) is 11.7 Å². The summed E-state index contributed by atoms with van der Waals surface area (Å²) in [4.78, 5) is 0. The fourth-order valence-corrected chi connectivity index (χ4v) is 2.66. The summed E-state index contributed by atoms with van der Waals surface area (Å²) in [6, 6.07) is 4.11. The second kappa shape index (κ2) is 3.59. The lowest BCUT2D eigenvalue weighted by Crippen LogP contribution is -2.34. The molecule has 1 heterocycles. The number of nitrogens with one attached hydrogen (secondary N) is 1. The summed E-state index contributed by atoms with van der Waals surface area (Å²) in [6.07, 6.45) is 1.09. The van der Waals surface area contributed by atoms with E-state index < -0.39 is 0 Å². The minimum atomic E-state index is 0.314. The summed E-state index contributed by atoms with van der Waals surface area (Å²) in [6.45, 7) is 1.04. The van der Waals surface area contributed by atoms with Crippen molar-refractivity contribution >= 4 is 31.9 Å². The molecule has 1 fully saturated rings. The van der Waals surface area contributed by atoms with Crippen molar-refractivity contribution in [2.45, 2.75) is 12.5 Å². The first-order valence-corrected chi connectivity index (χ1v) is 5.68. The van der Waals surface area contributed by atoms with Crippen LogP contribution in [-0.2, 0) is 0 Å². The number of halogens is 2. The highest BCUT2D eigenvalue weighted by atomic mass is 79.9. The van der Waals surface area contributed by atoms with Crippen molar-refractivity contribution in [3.05, 3.63) is 26.6 Å². The Kier molecular flexibility index (Phi) is 2.62. The predicted octanol–water partition coefficient (Wildman–Crippen LogP) is 2.95. The lowest BCUT2D eigenvalue weighted by molar-refractivity contribution is 0.363. The standard InChI is InChI=1S/C9H9Br2NO/c10-5-3-6(8-1-2-12-8)9(13)7(11)4-5/h3-4,8,12-13H,1-2H2/t8-/m1/s1. The largest absolute Gasteiger partial charge is 0.506 e. The average Bonchev–Trinajstić information content (AvgIpc) is 1.95. The van der Waals surface area contributed by atoms with E-state index in [2.05, 4.69) is 37.2 Å². The maximum absolute atomic E-state index is 9.75. The number of phenolic OH excluding ortho intramolecular Hbond substituents is 1. The van der Waals surface area contributed by atoms with Gasteiger partial charge < -0.3 is 10.4 Å². The second-order valence-electron chi connectivity index (χ2n) is 3.12. The average molecular weight is 307 g/mol. The molecule has 2 N–H and O–H groups in total. The number of phenols is 1. The molecule has 0 unspecified atom stereocenters. The zero-order valence-corrected chi connectivity index (χ0v) is 10.0. The van der Waals surface area contributed by atoms with Crippen molar-refractivity contribution in [2.75, 3.05) is 6.54 Å². The molecule has 0 amide bonds. The SMILES string of the molecule is Oc1c(Br)cc(Br)cc1[C@H]1CCN1. The molecule has 0 bridgehead atoms. The molecule has 2 rings (SSSR count). The molecule has 4 heteroatoms. The molecule has 0 spiro atoms. The van der Waals surface area contributed by atoms with E-state index in [1.54, 1.807) is 0 Å². The topological polar surface area (TPSA) is 32.3 Å². The van der Waals surface area contributed by atoms with Gasteiger partial charge >= 0.3 is 0 Å². The van der Waals surface area contributed by atoms with Crippen LogP contribution < -0.4 is 5.32 Å². The fraction of sp³-hybridized carbons (Fsp3) is 0.333. The highest BCUT2D eigenvalue weighted by molar-refractivity contribution is 9.11. The van der Waals surface area contributed by atoms with Gasteiger partial charge in [0.25, 0.3) is 0 Å². The number of aromatic hydroxyl groups is 1. The van der Waals surface area contributed by atoms with Crippen molar-refractivity contribution in [1.29, 1.82) is 0 Å². The zero-order valence-electron chi connectivity index (χ0n) is 6.85. The van der Waals surface area contributed by atoms with E-state index in [9.17, 15) is 5.11 Å². The molecule has 0 aliphatic carbocycles. The smallest absolute Gasteiger partial charge is 0.134 e. The van der Waals surface area contributed by atoms with Gasteiger partial charge in [-0.3, -0.25) is 0 Å². The Bertz CT molecular complexity index is 337. The van der Waals surface area contributed by atoms with E-state index in [1.807, 2.05) is 12.1 Å². The molecular formula is C9H9Br2NO. The Balaban J connectivity index is 2.42. The van der Waals surface area contributed by atoms with Gasteiger partial charge in [0.05, 0.1) is 4.47 Å². The van der Waals surface area contributed by atoms with Gasteiger partial charge in [0, 0.05) is 16.1 Å². The third kappa shape index (κ3) is 1.75. The zero-order chi connectivity index (χ0) is 9.42. The van der Waals surface area contributed by atoms with Crippen molar-refractivity contribution in [3.8, 4) is 5.75 Å². The molecule has 0 radical (unpaired) electrons. The Hall–Kier alpha value is -0.0600. The van der Waals surface area contributed by atoms with Crippen molar-refractivity contribution in [2.24, 2.45) is 0 Å². The van der Waals surface area contributed by atoms with Crippen LogP contribution in [0.5, 0.6) is 5.75 Å². The Morgan fingerprint density at radius 1 is 1.38 bits per heavy atom. The van der Waals surface area contributed by atoms with Gasteiger partial charge in [-0.15, -0.1) is 0 Å². The lowest BCUT2D eigenvalue weighted by Gasteiger charge is -2.29. The van der Waals surface area contributed by atoms with Crippen molar-refractivity contribution in [3.63, 3.8) is 0 Å². The second-order valence-corrected chi connectivity index (χ2v) is 4.89. The van der Waals surface area contributed by atoms with Gasteiger partial charge in [-0.2, -0.15) is 0 Å².